The number of halogens is 1. The quantitative estimate of drug-likeness (QED) is 0.851. The van der Waals surface area contributed by atoms with Crippen LogP contribution in [0.5, 0.6) is 0 Å². The van der Waals surface area contributed by atoms with Crippen LogP contribution in [-0.2, 0) is 6.54 Å². The normalized spacial score (nSPS) is 11.1. The average Bonchev–Trinajstić information content (AvgIpc) is 2.88. The van der Waals surface area contributed by atoms with E-state index >= 15 is 0 Å². The van der Waals surface area contributed by atoms with Gasteiger partial charge in [-0.3, -0.25) is 4.68 Å². The van der Waals surface area contributed by atoms with Crippen LogP contribution in [0, 0.1) is 12.7 Å². The highest BCUT2D eigenvalue weighted by molar-refractivity contribution is 5.50. The van der Waals surface area contributed by atoms with E-state index < -0.39 is 0 Å². The van der Waals surface area contributed by atoms with Gasteiger partial charge in [-0.2, -0.15) is 5.10 Å². The summed E-state index contributed by atoms with van der Waals surface area (Å²) in [6.07, 6.45) is 4.20. The number of nitrogens with zero attached hydrogens (tertiary/aromatic N) is 2. The molecule has 3 nitrogen and oxygen atoms in total. The lowest BCUT2D eigenvalue weighted by atomic mass is 10.2. The van der Waals surface area contributed by atoms with Crippen LogP contribution in [0.4, 0.5) is 10.1 Å². The van der Waals surface area contributed by atoms with Crippen molar-refractivity contribution in [1.29, 1.82) is 0 Å². The van der Waals surface area contributed by atoms with Crippen molar-refractivity contribution in [2.24, 2.45) is 0 Å². The molecule has 0 aliphatic carbocycles. The van der Waals surface area contributed by atoms with E-state index in [1.807, 2.05) is 23.9 Å². The fourth-order valence-corrected chi connectivity index (χ4v) is 2.35. The van der Waals surface area contributed by atoms with E-state index in [2.05, 4.69) is 24.3 Å². The standard InChI is InChI=1S/C16H22FN3/c1-4-15(5-2)20-9-8-14(19-20)11-18-16-7-6-13(17)10-12(16)3/h6-10,15,18H,4-5,11H2,1-3H3. The number of hydrogen-bond acceptors (Lipinski definition) is 2. The minimum atomic E-state index is -0.203. The lowest BCUT2D eigenvalue weighted by Gasteiger charge is -2.12. The van der Waals surface area contributed by atoms with Crippen molar-refractivity contribution in [3.63, 3.8) is 0 Å². The molecule has 0 aliphatic heterocycles. The summed E-state index contributed by atoms with van der Waals surface area (Å²) in [5.41, 5.74) is 2.86. The molecule has 0 atom stereocenters. The molecule has 1 heterocycles. The summed E-state index contributed by atoms with van der Waals surface area (Å²) in [5.74, 6) is -0.203. The van der Waals surface area contributed by atoms with Crippen LogP contribution < -0.4 is 5.32 Å². The van der Waals surface area contributed by atoms with Gasteiger partial charge in [-0.25, -0.2) is 4.39 Å². The maximum Gasteiger partial charge on any atom is 0.123 e. The molecule has 0 saturated carbocycles. The second-order valence-electron chi connectivity index (χ2n) is 5.07. The van der Waals surface area contributed by atoms with Gasteiger partial charge in [0.15, 0.2) is 0 Å². The highest BCUT2D eigenvalue weighted by Gasteiger charge is 2.08. The fraction of sp³-hybridized carbons (Fsp3) is 0.438. The zero-order valence-corrected chi connectivity index (χ0v) is 12.4. The van der Waals surface area contributed by atoms with E-state index in [-0.39, 0.29) is 5.82 Å². The molecule has 1 aromatic heterocycles. The largest absolute Gasteiger partial charge is 0.379 e. The average molecular weight is 275 g/mol. The van der Waals surface area contributed by atoms with Gasteiger partial charge in [-0.05, 0) is 49.6 Å². The molecule has 0 bridgehead atoms. The minimum absolute atomic E-state index is 0.203. The number of nitrogens with one attached hydrogen (secondary N) is 1. The van der Waals surface area contributed by atoms with Crippen LogP contribution in [0.25, 0.3) is 0 Å². The first-order valence-corrected chi connectivity index (χ1v) is 7.18. The molecular weight excluding hydrogens is 253 g/mol. The second-order valence-corrected chi connectivity index (χ2v) is 5.07. The van der Waals surface area contributed by atoms with Crippen LogP contribution in [0.2, 0.25) is 0 Å². The van der Waals surface area contributed by atoms with Gasteiger partial charge in [-0.1, -0.05) is 13.8 Å². The predicted octanol–water partition coefficient (Wildman–Crippen LogP) is 4.30. The van der Waals surface area contributed by atoms with Crippen molar-refractivity contribution in [3.8, 4) is 0 Å². The molecule has 0 radical (unpaired) electrons. The monoisotopic (exact) mass is 275 g/mol. The topological polar surface area (TPSA) is 29.9 Å². The molecule has 20 heavy (non-hydrogen) atoms. The molecule has 2 aromatic rings. The molecule has 0 unspecified atom stereocenters. The smallest absolute Gasteiger partial charge is 0.123 e. The lowest BCUT2D eigenvalue weighted by molar-refractivity contribution is 0.426. The van der Waals surface area contributed by atoms with E-state index in [9.17, 15) is 4.39 Å². The first-order chi connectivity index (χ1) is 9.63. The third kappa shape index (κ3) is 3.38. The van der Waals surface area contributed by atoms with Gasteiger partial charge >= 0.3 is 0 Å². The second kappa shape index (κ2) is 6.55. The van der Waals surface area contributed by atoms with E-state index in [1.165, 1.54) is 12.1 Å². The maximum atomic E-state index is 13.0. The van der Waals surface area contributed by atoms with Crippen LogP contribution in [0.3, 0.4) is 0 Å². The molecule has 0 amide bonds. The number of aryl methyl sites for hydroxylation is 1. The van der Waals surface area contributed by atoms with Crippen molar-refractivity contribution in [2.75, 3.05) is 5.32 Å². The first kappa shape index (κ1) is 14.6. The van der Waals surface area contributed by atoms with Crippen molar-refractivity contribution >= 4 is 5.69 Å². The summed E-state index contributed by atoms with van der Waals surface area (Å²) in [6.45, 7) is 6.90. The Morgan fingerprint density at radius 1 is 1.25 bits per heavy atom. The van der Waals surface area contributed by atoms with Crippen molar-refractivity contribution < 1.29 is 4.39 Å². The predicted molar refractivity (Wildman–Crippen MR) is 80.3 cm³/mol. The number of aromatic nitrogens is 2. The molecule has 0 aliphatic rings. The zero-order chi connectivity index (χ0) is 14.5. The molecular formula is C16H22FN3. The van der Waals surface area contributed by atoms with Crippen LogP contribution in [0.15, 0.2) is 30.5 Å². The van der Waals surface area contributed by atoms with Crippen LogP contribution >= 0.6 is 0 Å². The Morgan fingerprint density at radius 2 is 2.00 bits per heavy atom. The first-order valence-electron chi connectivity index (χ1n) is 7.18. The van der Waals surface area contributed by atoms with Gasteiger partial charge < -0.3 is 5.32 Å². The SMILES string of the molecule is CCC(CC)n1ccc(CNc2ccc(F)cc2C)n1. The summed E-state index contributed by atoms with van der Waals surface area (Å²) in [6, 6.07) is 7.27. The number of anilines is 1. The van der Waals surface area contributed by atoms with E-state index in [0.29, 0.717) is 12.6 Å². The summed E-state index contributed by atoms with van der Waals surface area (Å²) < 4.78 is 15.1. The Balaban J connectivity index is 2.00. The Morgan fingerprint density at radius 3 is 2.65 bits per heavy atom. The van der Waals surface area contributed by atoms with E-state index in [0.717, 1.165) is 29.8 Å². The van der Waals surface area contributed by atoms with Crippen molar-refractivity contribution in [2.45, 2.75) is 46.2 Å². The fourth-order valence-electron chi connectivity index (χ4n) is 2.35. The van der Waals surface area contributed by atoms with Crippen LogP contribution in [0.1, 0.15) is 44.0 Å². The minimum Gasteiger partial charge on any atom is -0.379 e. The Kier molecular flexibility index (Phi) is 4.77. The summed E-state index contributed by atoms with van der Waals surface area (Å²) in [4.78, 5) is 0. The van der Waals surface area contributed by atoms with Gasteiger partial charge in [-0.15, -0.1) is 0 Å². The Bertz CT molecular complexity index is 559. The molecule has 1 N–H and O–H groups in total. The molecule has 1 aromatic carbocycles. The van der Waals surface area contributed by atoms with Gasteiger partial charge in [0.05, 0.1) is 18.3 Å². The van der Waals surface area contributed by atoms with Gasteiger partial charge in [0.2, 0.25) is 0 Å². The number of hydrogen-bond donors (Lipinski definition) is 1. The molecule has 0 saturated heterocycles. The van der Waals surface area contributed by atoms with E-state index in [1.54, 1.807) is 6.07 Å². The molecule has 2 rings (SSSR count). The summed E-state index contributed by atoms with van der Waals surface area (Å²) in [7, 11) is 0. The highest BCUT2D eigenvalue weighted by Crippen LogP contribution is 2.18. The van der Waals surface area contributed by atoms with Gasteiger partial charge in [0.25, 0.3) is 0 Å². The lowest BCUT2D eigenvalue weighted by Crippen LogP contribution is -2.09. The molecule has 108 valence electrons. The summed E-state index contributed by atoms with van der Waals surface area (Å²) >= 11 is 0. The zero-order valence-electron chi connectivity index (χ0n) is 12.4. The van der Waals surface area contributed by atoms with Crippen molar-refractivity contribution in [3.05, 3.63) is 47.5 Å². The molecule has 4 heteroatoms. The third-order valence-corrected chi connectivity index (χ3v) is 3.63. The van der Waals surface area contributed by atoms with E-state index in [4.69, 9.17) is 0 Å². The summed E-state index contributed by atoms with van der Waals surface area (Å²) in [5, 5.41) is 7.90. The number of benzene rings is 1. The Hall–Kier alpha value is -1.84. The van der Waals surface area contributed by atoms with Gasteiger partial charge in [0, 0.05) is 11.9 Å². The number of rotatable bonds is 6. The highest BCUT2D eigenvalue weighted by atomic mass is 19.1. The third-order valence-electron chi connectivity index (χ3n) is 3.63. The molecule has 0 spiro atoms. The van der Waals surface area contributed by atoms with Crippen LogP contribution in [-0.4, -0.2) is 9.78 Å². The van der Waals surface area contributed by atoms with Gasteiger partial charge in [0.1, 0.15) is 5.82 Å². The molecule has 0 fully saturated rings. The van der Waals surface area contributed by atoms with Crippen molar-refractivity contribution in [1.82, 2.24) is 9.78 Å². The Labute approximate surface area is 119 Å². The maximum absolute atomic E-state index is 13.0.